The fraction of sp³-hybridized carbons (Fsp3) is 0.300. The molecule has 1 N–H and O–H groups in total. The van der Waals surface area contributed by atoms with E-state index in [0.717, 1.165) is 0 Å². The van der Waals surface area contributed by atoms with Gasteiger partial charge in [-0.25, -0.2) is 0 Å². The topological polar surface area (TPSA) is 37.3 Å². The Labute approximate surface area is 76.0 Å². The maximum Gasteiger partial charge on any atom is 0.311 e. The van der Waals surface area contributed by atoms with E-state index >= 15 is 0 Å². The van der Waals surface area contributed by atoms with Crippen LogP contribution < -0.4 is 0 Å². The minimum atomic E-state index is -0.969. The molecule has 70 valence electrons. The van der Waals surface area contributed by atoms with E-state index in [0.29, 0.717) is 5.56 Å². The molecular formula is C10H11FO2. The smallest absolute Gasteiger partial charge is 0.311 e. The van der Waals surface area contributed by atoms with Gasteiger partial charge >= 0.3 is 5.97 Å². The van der Waals surface area contributed by atoms with Gasteiger partial charge in [-0.15, -0.1) is 0 Å². The van der Waals surface area contributed by atoms with E-state index in [9.17, 15) is 9.18 Å². The second-order valence-electron chi connectivity index (χ2n) is 2.78. The molecule has 1 atom stereocenters. The number of carbonyl (C=O) groups is 1. The number of benzene rings is 1. The number of alkyl halides is 1. The quantitative estimate of drug-likeness (QED) is 0.775. The Morgan fingerprint density at radius 1 is 1.38 bits per heavy atom. The van der Waals surface area contributed by atoms with Crippen molar-refractivity contribution in [1.82, 2.24) is 0 Å². The highest BCUT2D eigenvalue weighted by atomic mass is 19.1. The summed E-state index contributed by atoms with van der Waals surface area (Å²) in [5.41, 5.74) is 0.660. The normalized spacial score (nSPS) is 12.4. The number of aliphatic carboxylic acids is 1. The number of halogens is 1. The number of carboxylic acid groups (broad SMARTS) is 1. The lowest BCUT2D eigenvalue weighted by molar-refractivity contribution is -0.139. The first-order valence-corrected chi connectivity index (χ1v) is 4.09. The largest absolute Gasteiger partial charge is 0.481 e. The molecular weight excluding hydrogens is 171 g/mol. The lowest BCUT2D eigenvalue weighted by Gasteiger charge is -2.09. The zero-order valence-electron chi connectivity index (χ0n) is 7.11. The molecule has 0 bridgehead atoms. The summed E-state index contributed by atoms with van der Waals surface area (Å²) in [7, 11) is 0. The molecule has 0 aliphatic rings. The van der Waals surface area contributed by atoms with Gasteiger partial charge in [0.1, 0.15) is 0 Å². The van der Waals surface area contributed by atoms with Crippen molar-refractivity contribution < 1.29 is 14.3 Å². The molecule has 0 aliphatic heterocycles. The summed E-state index contributed by atoms with van der Waals surface area (Å²) >= 11 is 0. The first-order valence-electron chi connectivity index (χ1n) is 4.09. The molecule has 0 amide bonds. The van der Waals surface area contributed by atoms with E-state index in [1.165, 1.54) is 0 Å². The molecule has 0 aliphatic carbocycles. The van der Waals surface area contributed by atoms with Gasteiger partial charge in [-0.1, -0.05) is 30.3 Å². The van der Waals surface area contributed by atoms with Crippen molar-refractivity contribution >= 4 is 5.97 Å². The molecule has 0 fully saturated rings. The molecule has 1 aromatic carbocycles. The Morgan fingerprint density at radius 2 is 2.00 bits per heavy atom. The average Bonchev–Trinajstić information content (AvgIpc) is 2.15. The molecule has 3 heteroatoms. The van der Waals surface area contributed by atoms with E-state index in [-0.39, 0.29) is 6.42 Å². The molecule has 0 heterocycles. The predicted octanol–water partition coefficient (Wildman–Crippen LogP) is 2.21. The van der Waals surface area contributed by atoms with Gasteiger partial charge in [0.05, 0.1) is 12.6 Å². The fourth-order valence-corrected chi connectivity index (χ4v) is 1.23. The van der Waals surface area contributed by atoms with Crippen LogP contribution in [0.1, 0.15) is 17.9 Å². The Morgan fingerprint density at radius 3 is 2.46 bits per heavy atom. The molecule has 0 spiro atoms. The first-order chi connectivity index (χ1) is 6.25. The van der Waals surface area contributed by atoms with E-state index < -0.39 is 18.6 Å². The van der Waals surface area contributed by atoms with Gasteiger partial charge in [-0.3, -0.25) is 9.18 Å². The predicted molar refractivity (Wildman–Crippen MR) is 47.4 cm³/mol. The van der Waals surface area contributed by atoms with Gasteiger partial charge in [-0.05, 0) is 12.0 Å². The summed E-state index contributed by atoms with van der Waals surface area (Å²) in [6.07, 6.45) is 0.0410. The molecule has 1 rings (SSSR count). The molecule has 0 saturated carbocycles. The van der Waals surface area contributed by atoms with Gasteiger partial charge < -0.3 is 5.11 Å². The van der Waals surface area contributed by atoms with Gasteiger partial charge in [0.2, 0.25) is 0 Å². The van der Waals surface area contributed by atoms with Gasteiger partial charge in [0.15, 0.2) is 0 Å². The highest BCUT2D eigenvalue weighted by Gasteiger charge is 2.18. The summed E-state index contributed by atoms with van der Waals surface area (Å²) < 4.78 is 12.0. The number of carboxylic acids is 1. The summed E-state index contributed by atoms with van der Waals surface area (Å²) in [4.78, 5) is 10.7. The van der Waals surface area contributed by atoms with Crippen LogP contribution in [0, 0.1) is 0 Å². The zero-order valence-corrected chi connectivity index (χ0v) is 7.11. The van der Waals surface area contributed by atoms with Crippen LogP contribution in [0.25, 0.3) is 0 Å². The minimum Gasteiger partial charge on any atom is -0.481 e. The van der Waals surface area contributed by atoms with Crippen molar-refractivity contribution in [2.75, 3.05) is 6.67 Å². The van der Waals surface area contributed by atoms with Crippen LogP contribution in [0.3, 0.4) is 0 Å². The van der Waals surface area contributed by atoms with E-state index in [4.69, 9.17) is 5.11 Å². The average molecular weight is 182 g/mol. The number of hydrogen-bond donors (Lipinski definition) is 1. The third-order valence-electron chi connectivity index (χ3n) is 1.90. The summed E-state index contributed by atoms with van der Waals surface area (Å²) in [5.74, 6) is -1.69. The Hall–Kier alpha value is -1.38. The van der Waals surface area contributed by atoms with Crippen LogP contribution in [0.5, 0.6) is 0 Å². The van der Waals surface area contributed by atoms with E-state index in [2.05, 4.69) is 0 Å². The second-order valence-corrected chi connectivity index (χ2v) is 2.78. The molecule has 1 unspecified atom stereocenters. The van der Waals surface area contributed by atoms with Crippen molar-refractivity contribution in [2.24, 2.45) is 0 Å². The van der Waals surface area contributed by atoms with Crippen LogP contribution in [0.2, 0.25) is 0 Å². The highest BCUT2D eigenvalue weighted by Crippen LogP contribution is 2.19. The second kappa shape index (κ2) is 4.60. The molecule has 13 heavy (non-hydrogen) atoms. The van der Waals surface area contributed by atoms with Gasteiger partial charge in [-0.2, -0.15) is 0 Å². The van der Waals surface area contributed by atoms with Gasteiger partial charge in [0, 0.05) is 0 Å². The third kappa shape index (κ3) is 2.54. The number of rotatable bonds is 4. The molecule has 0 radical (unpaired) electrons. The van der Waals surface area contributed by atoms with E-state index in [1.54, 1.807) is 30.3 Å². The fourth-order valence-electron chi connectivity index (χ4n) is 1.23. The SMILES string of the molecule is O=C(O)C(CCF)c1ccccc1. The van der Waals surface area contributed by atoms with Crippen molar-refractivity contribution in [2.45, 2.75) is 12.3 Å². The Kier molecular flexibility index (Phi) is 3.43. The standard InChI is InChI=1S/C10H11FO2/c11-7-6-9(10(12)13)8-4-2-1-3-5-8/h1-5,9H,6-7H2,(H,12,13). The van der Waals surface area contributed by atoms with E-state index in [1.807, 2.05) is 0 Å². The van der Waals surface area contributed by atoms with Crippen LogP contribution in [-0.2, 0) is 4.79 Å². The minimum absolute atomic E-state index is 0.0410. The maximum absolute atomic E-state index is 12.0. The van der Waals surface area contributed by atoms with Crippen molar-refractivity contribution in [1.29, 1.82) is 0 Å². The van der Waals surface area contributed by atoms with Crippen LogP contribution in [-0.4, -0.2) is 17.8 Å². The molecule has 0 aromatic heterocycles. The maximum atomic E-state index is 12.0. The van der Waals surface area contributed by atoms with Crippen molar-refractivity contribution in [3.63, 3.8) is 0 Å². The molecule has 0 saturated heterocycles. The third-order valence-corrected chi connectivity index (χ3v) is 1.90. The Bertz CT molecular complexity index is 272. The number of hydrogen-bond acceptors (Lipinski definition) is 1. The zero-order chi connectivity index (χ0) is 9.68. The van der Waals surface area contributed by atoms with Crippen molar-refractivity contribution in [3.8, 4) is 0 Å². The van der Waals surface area contributed by atoms with Gasteiger partial charge in [0.25, 0.3) is 0 Å². The van der Waals surface area contributed by atoms with Crippen LogP contribution in [0.4, 0.5) is 4.39 Å². The lowest BCUT2D eigenvalue weighted by atomic mass is 9.97. The molecule has 2 nitrogen and oxygen atoms in total. The van der Waals surface area contributed by atoms with Crippen LogP contribution in [0.15, 0.2) is 30.3 Å². The Balaban J connectivity index is 2.82. The summed E-state index contributed by atoms with van der Waals surface area (Å²) in [5, 5.41) is 8.79. The lowest BCUT2D eigenvalue weighted by Crippen LogP contribution is -2.12. The van der Waals surface area contributed by atoms with Crippen molar-refractivity contribution in [3.05, 3.63) is 35.9 Å². The van der Waals surface area contributed by atoms with Crippen LogP contribution >= 0.6 is 0 Å². The molecule has 1 aromatic rings. The highest BCUT2D eigenvalue weighted by molar-refractivity contribution is 5.75. The first kappa shape index (κ1) is 9.71. The summed E-state index contributed by atoms with van der Waals surface area (Å²) in [6.45, 7) is -0.605. The monoisotopic (exact) mass is 182 g/mol. The summed E-state index contributed by atoms with van der Waals surface area (Å²) in [6, 6.07) is 8.72.